The second kappa shape index (κ2) is 4.17. The van der Waals surface area contributed by atoms with Crippen molar-refractivity contribution in [1.82, 2.24) is 0 Å². The summed E-state index contributed by atoms with van der Waals surface area (Å²) in [5.41, 5.74) is 4.87. The lowest BCUT2D eigenvalue weighted by atomic mass is 9.99. The van der Waals surface area contributed by atoms with E-state index in [9.17, 15) is 5.11 Å². The Morgan fingerprint density at radius 3 is 2.36 bits per heavy atom. The second-order valence-electron chi connectivity index (χ2n) is 4.80. The van der Waals surface area contributed by atoms with Gasteiger partial charge in [-0.15, -0.1) is 0 Å². The summed E-state index contributed by atoms with van der Waals surface area (Å²) in [6.45, 7) is 0.781. The molecule has 2 rings (SSSR count). The van der Waals surface area contributed by atoms with E-state index in [1.807, 2.05) is 0 Å². The van der Waals surface area contributed by atoms with Gasteiger partial charge in [0.25, 0.3) is 0 Å². The normalized spacial score (nSPS) is 27.9. The molecule has 0 heterocycles. The highest BCUT2D eigenvalue weighted by molar-refractivity contribution is 4.95. The highest BCUT2D eigenvalue weighted by Gasteiger charge is 2.43. The van der Waals surface area contributed by atoms with Crippen LogP contribution in [-0.4, -0.2) is 30.0 Å². The molecule has 0 saturated heterocycles. The van der Waals surface area contributed by atoms with Crippen LogP contribution < -0.4 is 5.73 Å². The number of nitrogens with two attached hydrogens (primary N) is 1. The standard InChI is InChI=1S/C11H21NO2/c12-7-11(13,9-5-6-9)8-14-10-3-1-2-4-10/h9-10,13H,1-8,12H2. The molecule has 0 bridgehead atoms. The molecule has 3 N–H and O–H groups in total. The topological polar surface area (TPSA) is 55.5 Å². The van der Waals surface area contributed by atoms with Gasteiger partial charge in [-0.1, -0.05) is 12.8 Å². The molecule has 2 aliphatic carbocycles. The highest BCUT2D eigenvalue weighted by atomic mass is 16.5. The summed E-state index contributed by atoms with van der Waals surface area (Å²) < 4.78 is 5.73. The van der Waals surface area contributed by atoms with Gasteiger partial charge < -0.3 is 15.6 Å². The Hall–Kier alpha value is -0.120. The molecular weight excluding hydrogens is 178 g/mol. The number of hydrogen-bond acceptors (Lipinski definition) is 3. The third-order valence-corrected chi connectivity index (χ3v) is 3.56. The molecule has 3 nitrogen and oxygen atoms in total. The van der Waals surface area contributed by atoms with Crippen LogP contribution in [0.25, 0.3) is 0 Å². The minimum atomic E-state index is -0.734. The number of ether oxygens (including phenoxy) is 1. The Labute approximate surface area is 85.6 Å². The maximum Gasteiger partial charge on any atom is 0.103 e. The average molecular weight is 199 g/mol. The van der Waals surface area contributed by atoms with E-state index in [4.69, 9.17) is 10.5 Å². The van der Waals surface area contributed by atoms with E-state index >= 15 is 0 Å². The zero-order valence-corrected chi connectivity index (χ0v) is 8.74. The lowest BCUT2D eigenvalue weighted by Crippen LogP contribution is -2.45. The minimum absolute atomic E-state index is 0.338. The monoisotopic (exact) mass is 199 g/mol. The van der Waals surface area contributed by atoms with E-state index in [-0.39, 0.29) is 0 Å². The van der Waals surface area contributed by atoms with Crippen LogP contribution >= 0.6 is 0 Å². The van der Waals surface area contributed by atoms with Crippen LogP contribution in [-0.2, 0) is 4.74 Å². The van der Waals surface area contributed by atoms with E-state index in [2.05, 4.69) is 0 Å². The fraction of sp³-hybridized carbons (Fsp3) is 1.00. The molecular formula is C11H21NO2. The molecule has 2 aliphatic rings. The molecule has 82 valence electrons. The fourth-order valence-corrected chi connectivity index (χ4v) is 2.28. The molecule has 0 aromatic rings. The second-order valence-corrected chi connectivity index (χ2v) is 4.80. The Kier molecular flexibility index (Phi) is 3.10. The van der Waals surface area contributed by atoms with Gasteiger partial charge in [-0.05, 0) is 31.6 Å². The van der Waals surface area contributed by atoms with Crippen LogP contribution in [0.4, 0.5) is 0 Å². The van der Waals surface area contributed by atoms with Gasteiger partial charge in [0.2, 0.25) is 0 Å². The molecule has 0 amide bonds. The number of aliphatic hydroxyl groups is 1. The van der Waals surface area contributed by atoms with E-state index in [0.29, 0.717) is 25.2 Å². The van der Waals surface area contributed by atoms with Crippen molar-refractivity contribution in [3.8, 4) is 0 Å². The Morgan fingerprint density at radius 2 is 1.86 bits per heavy atom. The van der Waals surface area contributed by atoms with Crippen molar-refractivity contribution in [3.63, 3.8) is 0 Å². The number of rotatable bonds is 5. The van der Waals surface area contributed by atoms with Crippen LogP contribution in [0.3, 0.4) is 0 Å². The summed E-state index contributed by atoms with van der Waals surface area (Å²) in [6, 6.07) is 0. The summed E-state index contributed by atoms with van der Waals surface area (Å²) >= 11 is 0. The van der Waals surface area contributed by atoms with Crippen LogP contribution in [0, 0.1) is 5.92 Å². The van der Waals surface area contributed by atoms with Gasteiger partial charge in [-0.2, -0.15) is 0 Å². The van der Waals surface area contributed by atoms with Crippen molar-refractivity contribution in [2.75, 3.05) is 13.2 Å². The third kappa shape index (κ3) is 2.27. The molecule has 0 radical (unpaired) electrons. The van der Waals surface area contributed by atoms with Crippen molar-refractivity contribution in [3.05, 3.63) is 0 Å². The van der Waals surface area contributed by atoms with Gasteiger partial charge in [0.1, 0.15) is 5.60 Å². The molecule has 1 unspecified atom stereocenters. The van der Waals surface area contributed by atoms with Crippen LogP contribution in [0.1, 0.15) is 38.5 Å². The summed E-state index contributed by atoms with van der Waals surface area (Å²) in [5, 5.41) is 10.2. The summed E-state index contributed by atoms with van der Waals surface area (Å²) in [4.78, 5) is 0. The molecule has 14 heavy (non-hydrogen) atoms. The number of hydrogen-bond donors (Lipinski definition) is 2. The Bertz CT molecular complexity index is 188. The smallest absolute Gasteiger partial charge is 0.103 e. The SMILES string of the molecule is NCC(O)(COC1CCCC1)C1CC1. The molecule has 2 fully saturated rings. The van der Waals surface area contributed by atoms with E-state index in [1.54, 1.807) is 0 Å². The fourth-order valence-electron chi connectivity index (χ4n) is 2.28. The summed E-state index contributed by atoms with van der Waals surface area (Å²) in [7, 11) is 0. The van der Waals surface area contributed by atoms with Gasteiger partial charge in [-0.3, -0.25) is 0 Å². The summed E-state index contributed by atoms with van der Waals surface area (Å²) in [5.74, 6) is 0.397. The molecule has 3 heteroatoms. The van der Waals surface area contributed by atoms with Crippen molar-refractivity contribution < 1.29 is 9.84 Å². The van der Waals surface area contributed by atoms with Gasteiger partial charge >= 0.3 is 0 Å². The lowest BCUT2D eigenvalue weighted by Gasteiger charge is -2.27. The van der Waals surface area contributed by atoms with Gasteiger partial charge in [0.15, 0.2) is 0 Å². The first-order valence-corrected chi connectivity index (χ1v) is 5.79. The average Bonchev–Trinajstić information content (AvgIpc) is 2.94. The predicted octanol–water partition coefficient (Wildman–Crippen LogP) is 1.05. The van der Waals surface area contributed by atoms with Crippen LogP contribution in [0.5, 0.6) is 0 Å². The maximum atomic E-state index is 10.2. The van der Waals surface area contributed by atoms with Gasteiger partial charge in [-0.25, -0.2) is 0 Å². The zero-order valence-electron chi connectivity index (χ0n) is 8.74. The molecule has 0 aromatic heterocycles. The van der Waals surface area contributed by atoms with E-state index in [0.717, 1.165) is 25.7 Å². The first kappa shape index (κ1) is 10.4. The Morgan fingerprint density at radius 1 is 1.21 bits per heavy atom. The van der Waals surface area contributed by atoms with Crippen molar-refractivity contribution in [1.29, 1.82) is 0 Å². The molecule has 0 aromatic carbocycles. The van der Waals surface area contributed by atoms with Crippen molar-refractivity contribution >= 4 is 0 Å². The van der Waals surface area contributed by atoms with Crippen molar-refractivity contribution in [2.24, 2.45) is 11.7 Å². The first-order valence-electron chi connectivity index (χ1n) is 5.79. The quantitative estimate of drug-likeness (QED) is 0.695. The van der Waals surface area contributed by atoms with Gasteiger partial charge in [0.05, 0.1) is 12.7 Å². The first-order chi connectivity index (χ1) is 6.74. The molecule has 1 atom stereocenters. The predicted molar refractivity (Wildman–Crippen MR) is 54.9 cm³/mol. The third-order valence-electron chi connectivity index (χ3n) is 3.56. The highest BCUT2D eigenvalue weighted by Crippen LogP contribution is 2.39. The largest absolute Gasteiger partial charge is 0.386 e. The van der Waals surface area contributed by atoms with Crippen LogP contribution in [0.2, 0.25) is 0 Å². The van der Waals surface area contributed by atoms with Gasteiger partial charge in [0, 0.05) is 6.54 Å². The molecule has 0 aliphatic heterocycles. The minimum Gasteiger partial charge on any atom is -0.386 e. The molecule has 2 saturated carbocycles. The van der Waals surface area contributed by atoms with E-state index in [1.165, 1.54) is 12.8 Å². The summed E-state index contributed by atoms with van der Waals surface area (Å²) in [6.07, 6.45) is 7.47. The van der Waals surface area contributed by atoms with Crippen LogP contribution in [0.15, 0.2) is 0 Å². The van der Waals surface area contributed by atoms with Crippen molar-refractivity contribution in [2.45, 2.75) is 50.2 Å². The zero-order chi connectivity index (χ0) is 10.0. The Balaban J connectivity index is 1.76. The lowest BCUT2D eigenvalue weighted by molar-refractivity contribution is -0.0781. The molecule has 0 spiro atoms. The van der Waals surface area contributed by atoms with E-state index < -0.39 is 5.60 Å². The maximum absolute atomic E-state index is 10.2.